The summed E-state index contributed by atoms with van der Waals surface area (Å²) in [5, 5.41) is 3.13. The van der Waals surface area contributed by atoms with Crippen LogP contribution in [0.1, 0.15) is 38.2 Å². The summed E-state index contributed by atoms with van der Waals surface area (Å²) in [6, 6.07) is 2.10. The van der Waals surface area contributed by atoms with E-state index in [0.717, 1.165) is 17.3 Å². The van der Waals surface area contributed by atoms with Crippen LogP contribution in [-0.2, 0) is 23.7 Å². The summed E-state index contributed by atoms with van der Waals surface area (Å²) in [6.45, 7) is 2.24. The number of hydrogen-bond donors (Lipinski definition) is 0. The van der Waals surface area contributed by atoms with Crippen molar-refractivity contribution < 1.29 is 17.3 Å². The summed E-state index contributed by atoms with van der Waals surface area (Å²) in [4.78, 5) is 0. The first kappa shape index (κ1) is 15.1. The second-order valence-electron chi connectivity index (χ2n) is 2.97. The number of thiophene rings is 1. The van der Waals surface area contributed by atoms with E-state index < -0.39 is 0 Å². The van der Waals surface area contributed by atoms with Crippen LogP contribution in [0.3, 0.4) is 0 Å². The monoisotopic (exact) mass is 344 g/mol. The molecule has 0 amide bonds. The molecule has 0 saturated carbocycles. The molecule has 0 atom stereocenters. The van der Waals surface area contributed by atoms with E-state index >= 15 is 0 Å². The van der Waals surface area contributed by atoms with E-state index in [1.807, 2.05) is 0 Å². The molecule has 0 bridgehead atoms. The summed E-state index contributed by atoms with van der Waals surface area (Å²) in [5.41, 5.74) is 1.43. The van der Waals surface area contributed by atoms with Gasteiger partial charge >= 0.3 is 27.0 Å². The molecule has 1 heterocycles. The molecular formula is C10H14BrClSZn. The Morgan fingerprint density at radius 2 is 2.14 bits per heavy atom. The van der Waals surface area contributed by atoms with Gasteiger partial charge in [-0.1, -0.05) is 42.8 Å². The van der Waals surface area contributed by atoms with Gasteiger partial charge < -0.3 is 0 Å². The predicted octanol–water partition coefficient (Wildman–Crippen LogP) is 5.12. The van der Waals surface area contributed by atoms with Crippen molar-refractivity contribution in [2.24, 2.45) is 0 Å². The van der Waals surface area contributed by atoms with Crippen LogP contribution in [-0.4, -0.2) is 0 Å². The molecule has 0 spiro atoms. The van der Waals surface area contributed by atoms with Gasteiger partial charge in [0.1, 0.15) is 0 Å². The van der Waals surface area contributed by atoms with Crippen LogP contribution in [0.2, 0.25) is 0 Å². The van der Waals surface area contributed by atoms with Gasteiger partial charge in [-0.05, 0) is 0 Å². The molecule has 14 heavy (non-hydrogen) atoms. The molecule has 0 aliphatic carbocycles. The molecule has 0 radical (unpaired) electrons. The fourth-order valence-electron chi connectivity index (χ4n) is 1.19. The quantitative estimate of drug-likeness (QED) is 0.394. The molecule has 1 aromatic rings. The molecule has 0 fully saturated rings. The van der Waals surface area contributed by atoms with Gasteiger partial charge in [0.25, 0.3) is 0 Å². The summed E-state index contributed by atoms with van der Waals surface area (Å²) in [7, 11) is 4.76. The molecular weight excluding hydrogens is 333 g/mol. The van der Waals surface area contributed by atoms with E-state index in [1.54, 1.807) is 11.3 Å². The molecule has 1 rings (SSSR count). The van der Waals surface area contributed by atoms with E-state index in [2.05, 4.69) is 34.3 Å². The molecule has 1 aromatic heterocycles. The van der Waals surface area contributed by atoms with Crippen LogP contribution in [0.4, 0.5) is 0 Å². The van der Waals surface area contributed by atoms with Crippen LogP contribution >= 0.6 is 37.0 Å². The number of rotatable bonds is 5. The van der Waals surface area contributed by atoms with Crippen molar-refractivity contribution in [2.75, 3.05) is 0 Å². The van der Waals surface area contributed by atoms with Gasteiger partial charge in [-0.25, -0.2) is 0 Å². The standard InChI is InChI=1S/C10H14BrS.ClH.Zn/c1-2-3-4-5-6-9-7-8-12-10(9)11;;/h7H,2-6H2,1H3;1H;/q-1;;+2/p-1. The van der Waals surface area contributed by atoms with Gasteiger partial charge in [0, 0.05) is 0 Å². The Hall–Kier alpha value is 1.09. The second-order valence-corrected chi connectivity index (χ2v) is 5.14. The zero-order valence-corrected chi connectivity index (χ0v) is 14.6. The van der Waals surface area contributed by atoms with Crippen LogP contribution in [0, 0.1) is 5.38 Å². The Balaban J connectivity index is 0.000000791. The molecule has 0 unspecified atom stereocenters. The van der Waals surface area contributed by atoms with Crippen molar-refractivity contribution in [1.82, 2.24) is 0 Å². The van der Waals surface area contributed by atoms with E-state index in [1.165, 1.54) is 41.5 Å². The first-order valence-corrected chi connectivity index (χ1v) is 10.3. The van der Waals surface area contributed by atoms with Gasteiger partial charge in [0.05, 0.1) is 0 Å². The Morgan fingerprint density at radius 1 is 1.43 bits per heavy atom. The molecule has 0 aliphatic rings. The Morgan fingerprint density at radius 3 is 2.64 bits per heavy atom. The fourth-order valence-corrected chi connectivity index (χ4v) is 2.38. The molecule has 0 saturated heterocycles. The molecule has 4 heteroatoms. The topological polar surface area (TPSA) is 0 Å². The SMILES string of the molecule is CCCCCCc1c[c-]sc1Br.[Cl][Zn+]. The third kappa shape index (κ3) is 6.55. The molecule has 0 aromatic carbocycles. The van der Waals surface area contributed by atoms with Crippen molar-refractivity contribution in [3.8, 4) is 0 Å². The molecule has 0 N–H and O–H groups in total. The normalized spacial score (nSPS) is 9.50. The number of halogens is 2. The van der Waals surface area contributed by atoms with Crippen molar-refractivity contribution in [2.45, 2.75) is 39.0 Å². The van der Waals surface area contributed by atoms with Gasteiger partial charge in [0.15, 0.2) is 0 Å². The zero-order valence-electron chi connectivity index (χ0n) is 8.48. The van der Waals surface area contributed by atoms with E-state index in [-0.39, 0.29) is 0 Å². The van der Waals surface area contributed by atoms with Crippen molar-refractivity contribution in [3.63, 3.8) is 0 Å². The predicted molar refractivity (Wildman–Crippen MR) is 64.6 cm³/mol. The summed E-state index contributed by atoms with van der Waals surface area (Å²) >= 11 is 6.03. The van der Waals surface area contributed by atoms with Crippen molar-refractivity contribution in [1.29, 1.82) is 0 Å². The fraction of sp³-hybridized carbons (Fsp3) is 0.600. The second kappa shape index (κ2) is 10.6. The maximum atomic E-state index is 4.76. The van der Waals surface area contributed by atoms with Crippen molar-refractivity contribution in [3.05, 3.63) is 20.8 Å². The van der Waals surface area contributed by atoms with Gasteiger partial charge in [-0.2, -0.15) is 11.6 Å². The van der Waals surface area contributed by atoms with Gasteiger partial charge in [-0.3, -0.25) is 11.3 Å². The van der Waals surface area contributed by atoms with E-state index in [0.29, 0.717) is 0 Å². The third-order valence-corrected chi connectivity index (χ3v) is 3.61. The first-order chi connectivity index (χ1) is 6.84. The van der Waals surface area contributed by atoms with Gasteiger partial charge in [0.2, 0.25) is 0 Å². The number of unbranched alkanes of at least 4 members (excludes halogenated alkanes) is 3. The third-order valence-electron chi connectivity index (χ3n) is 1.93. The Kier molecular flexibility index (Phi) is 11.4. The Labute approximate surface area is 113 Å². The van der Waals surface area contributed by atoms with Crippen LogP contribution < -0.4 is 0 Å². The maximum absolute atomic E-state index is 4.76. The summed E-state index contributed by atoms with van der Waals surface area (Å²) in [5.74, 6) is 0. The minimum atomic E-state index is 0.847. The first-order valence-electron chi connectivity index (χ1n) is 4.75. The van der Waals surface area contributed by atoms with E-state index in [9.17, 15) is 0 Å². The van der Waals surface area contributed by atoms with Crippen molar-refractivity contribution >= 4 is 37.0 Å². The van der Waals surface area contributed by atoms with Gasteiger partial charge in [-0.15, -0.1) is 21.3 Å². The van der Waals surface area contributed by atoms with E-state index in [4.69, 9.17) is 9.69 Å². The molecule has 76 valence electrons. The van der Waals surface area contributed by atoms with Crippen LogP contribution in [0.15, 0.2) is 9.85 Å². The Bertz CT molecular complexity index is 228. The average Bonchev–Trinajstić information content (AvgIpc) is 2.62. The molecule has 0 nitrogen and oxygen atoms in total. The minimum absolute atomic E-state index is 0.847. The average molecular weight is 347 g/mol. The number of aryl methyl sites for hydroxylation is 1. The van der Waals surface area contributed by atoms with Crippen LogP contribution in [0.25, 0.3) is 0 Å². The summed E-state index contributed by atoms with van der Waals surface area (Å²) < 4.78 is 1.26. The van der Waals surface area contributed by atoms with Crippen LogP contribution in [0.5, 0.6) is 0 Å². The number of hydrogen-bond acceptors (Lipinski definition) is 1. The zero-order chi connectivity index (χ0) is 10.8. The molecule has 0 aliphatic heterocycles. The summed E-state index contributed by atoms with van der Waals surface area (Å²) in [6.07, 6.45) is 6.57.